The molecular weight excluding hydrogens is 375 g/mol. The number of likely N-dealkylation sites (tertiary alicyclic amines) is 1. The van der Waals surface area contributed by atoms with Crippen molar-refractivity contribution in [2.45, 2.75) is 12.8 Å². The first-order valence-electron chi connectivity index (χ1n) is 9.47. The largest absolute Gasteiger partial charge is 0.497 e. The molecule has 3 rings (SSSR count). The Labute approximate surface area is 168 Å². The minimum Gasteiger partial charge on any atom is -0.497 e. The summed E-state index contributed by atoms with van der Waals surface area (Å²) in [5, 5.41) is 2.52. The van der Waals surface area contributed by atoms with Gasteiger partial charge in [0.25, 0.3) is 5.91 Å². The van der Waals surface area contributed by atoms with Crippen LogP contribution in [0.1, 0.15) is 33.6 Å². The Kier molecular flexibility index (Phi) is 6.59. The van der Waals surface area contributed by atoms with Crippen LogP contribution in [0.15, 0.2) is 48.5 Å². The number of rotatable bonds is 6. The number of nitrogens with zero attached hydrogens (tertiary/aromatic N) is 1. The Hall–Kier alpha value is -3.22. The highest BCUT2D eigenvalue weighted by molar-refractivity contribution is 5.98. The average molecular weight is 398 g/mol. The predicted molar refractivity (Wildman–Crippen MR) is 105 cm³/mol. The minimum absolute atomic E-state index is 0.0687. The van der Waals surface area contributed by atoms with Gasteiger partial charge in [0.1, 0.15) is 11.6 Å². The van der Waals surface area contributed by atoms with Crippen molar-refractivity contribution in [3.8, 4) is 5.75 Å². The highest BCUT2D eigenvalue weighted by Gasteiger charge is 2.28. The number of halogens is 1. The Morgan fingerprint density at radius 1 is 1.07 bits per heavy atom. The van der Waals surface area contributed by atoms with E-state index in [1.165, 1.54) is 18.2 Å². The fraction of sp³-hybridized carbons (Fsp3) is 0.318. The van der Waals surface area contributed by atoms with Crippen molar-refractivity contribution in [1.82, 2.24) is 10.2 Å². The van der Waals surface area contributed by atoms with Crippen molar-refractivity contribution in [2.75, 3.05) is 26.7 Å². The first-order chi connectivity index (χ1) is 14.0. The predicted octanol–water partition coefficient (Wildman–Crippen LogP) is 2.69. The number of Topliss-reactive ketones (excluding diaryl/α,β-unsaturated/α-hetero) is 1. The highest BCUT2D eigenvalue weighted by atomic mass is 19.1. The SMILES string of the molecule is COc1ccc(C(=O)C2CCN(C(=O)CNC(=O)c3cccc(F)c3)CC2)cc1. The van der Waals surface area contributed by atoms with E-state index in [9.17, 15) is 18.8 Å². The van der Waals surface area contributed by atoms with E-state index in [2.05, 4.69) is 5.32 Å². The van der Waals surface area contributed by atoms with Gasteiger partial charge in [0.15, 0.2) is 5.78 Å². The molecule has 2 amide bonds. The molecule has 0 aliphatic carbocycles. The van der Waals surface area contributed by atoms with Crippen molar-refractivity contribution in [3.05, 3.63) is 65.5 Å². The summed E-state index contributed by atoms with van der Waals surface area (Å²) in [6.45, 7) is 0.759. The van der Waals surface area contributed by atoms with E-state index in [0.717, 1.165) is 6.07 Å². The van der Waals surface area contributed by atoms with Crippen molar-refractivity contribution < 1.29 is 23.5 Å². The molecule has 1 saturated heterocycles. The van der Waals surface area contributed by atoms with E-state index in [4.69, 9.17) is 4.74 Å². The molecular formula is C22H23FN2O4. The Balaban J connectivity index is 1.47. The number of amides is 2. The number of methoxy groups -OCH3 is 1. The van der Waals surface area contributed by atoms with Gasteiger partial charge in [-0.1, -0.05) is 6.07 Å². The monoisotopic (exact) mass is 398 g/mol. The number of nitrogens with one attached hydrogen (secondary N) is 1. The zero-order valence-electron chi connectivity index (χ0n) is 16.2. The lowest BCUT2D eigenvalue weighted by Crippen LogP contribution is -2.45. The van der Waals surface area contributed by atoms with Crippen LogP contribution in [0.5, 0.6) is 5.75 Å². The van der Waals surface area contributed by atoms with Crippen LogP contribution in [0.4, 0.5) is 4.39 Å². The molecule has 1 fully saturated rings. The summed E-state index contributed by atoms with van der Waals surface area (Å²) in [5.74, 6) is -0.587. The van der Waals surface area contributed by atoms with Crippen molar-refractivity contribution in [2.24, 2.45) is 5.92 Å². The molecule has 0 saturated carbocycles. The summed E-state index contributed by atoms with van der Waals surface area (Å²) in [5.41, 5.74) is 0.805. The van der Waals surface area contributed by atoms with Crippen molar-refractivity contribution in [1.29, 1.82) is 0 Å². The Bertz CT molecular complexity index is 890. The second-order valence-electron chi connectivity index (χ2n) is 6.94. The Morgan fingerprint density at radius 3 is 2.38 bits per heavy atom. The third kappa shape index (κ3) is 5.19. The van der Waals surface area contributed by atoms with Gasteiger partial charge < -0.3 is 15.0 Å². The van der Waals surface area contributed by atoms with Gasteiger partial charge in [-0.2, -0.15) is 0 Å². The quantitative estimate of drug-likeness (QED) is 0.759. The molecule has 1 heterocycles. The molecule has 6 nitrogen and oxygen atoms in total. The van der Waals surface area contributed by atoms with E-state index in [0.29, 0.717) is 37.2 Å². The van der Waals surface area contributed by atoms with Gasteiger partial charge in [-0.25, -0.2) is 4.39 Å². The van der Waals surface area contributed by atoms with Gasteiger partial charge >= 0.3 is 0 Å². The molecule has 29 heavy (non-hydrogen) atoms. The molecule has 0 radical (unpaired) electrons. The van der Waals surface area contributed by atoms with Gasteiger partial charge in [-0.05, 0) is 55.3 Å². The van der Waals surface area contributed by atoms with Gasteiger partial charge in [-0.3, -0.25) is 14.4 Å². The molecule has 1 aliphatic rings. The van der Waals surface area contributed by atoms with Crippen molar-refractivity contribution >= 4 is 17.6 Å². The van der Waals surface area contributed by atoms with Gasteiger partial charge in [0.05, 0.1) is 13.7 Å². The van der Waals surface area contributed by atoms with Crippen LogP contribution in [0.3, 0.4) is 0 Å². The van der Waals surface area contributed by atoms with E-state index < -0.39 is 11.7 Å². The Morgan fingerprint density at radius 2 is 1.76 bits per heavy atom. The minimum atomic E-state index is -0.507. The van der Waals surface area contributed by atoms with Crippen LogP contribution in [0.2, 0.25) is 0 Å². The fourth-order valence-electron chi connectivity index (χ4n) is 3.38. The molecule has 1 N–H and O–H groups in total. The third-order valence-electron chi connectivity index (χ3n) is 5.08. The summed E-state index contributed by atoms with van der Waals surface area (Å²) < 4.78 is 18.3. The molecule has 0 spiro atoms. The van der Waals surface area contributed by atoms with Crippen LogP contribution in [-0.2, 0) is 4.79 Å². The maximum atomic E-state index is 13.2. The number of carbonyl (C=O) groups is 3. The third-order valence-corrected chi connectivity index (χ3v) is 5.08. The topological polar surface area (TPSA) is 75.7 Å². The maximum absolute atomic E-state index is 13.2. The highest BCUT2D eigenvalue weighted by Crippen LogP contribution is 2.23. The summed E-state index contributed by atoms with van der Waals surface area (Å²) in [6, 6.07) is 12.3. The number of hydrogen-bond acceptors (Lipinski definition) is 4. The molecule has 1 aliphatic heterocycles. The zero-order valence-corrected chi connectivity index (χ0v) is 16.2. The molecule has 0 bridgehead atoms. The molecule has 0 unspecified atom stereocenters. The normalized spacial score (nSPS) is 14.3. The second-order valence-corrected chi connectivity index (χ2v) is 6.94. The summed E-state index contributed by atoms with van der Waals surface area (Å²) in [4.78, 5) is 38.7. The summed E-state index contributed by atoms with van der Waals surface area (Å²) in [6.07, 6.45) is 1.16. The molecule has 2 aromatic carbocycles. The van der Waals surface area contributed by atoms with Crippen LogP contribution in [0.25, 0.3) is 0 Å². The smallest absolute Gasteiger partial charge is 0.251 e. The first-order valence-corrected chi connectivity index (χ1v) is 9.47. The number of benzene rings is 2. The van der Waals surface area contributed by atoms with Crippen LogP contribution >= 0.6 is 0 Å². The molecule has 7 heteroatoms. The number of ketones is 1. The second kappa shape index (κ2) is 9.32. The van der Waals surface area contributed by atoms with Gasteiger partial charge in [0.2, 0.25) is 5.91 Å². The summed E-state index contributed by atoms with van der Waals surface area (Å²) >= 11 is 0. The van der Waals surface area contributed by atoms with E-state index in [1.807, 2.05) is 0 Å². The average Bonchev–Trinajstić information content (AvgIpc) is 2.77. The molecule has 0 aromatic heterocycles. The van der Waals surface area contributed by atoms with E-state index in [1.54, 1.807) is 36.3 Å². The van der Waals surface area contributed by atoms with E-state index in [-0.39, 0.29) is 29.7 Å². The summed E-state index contributed by atoms with van der Waals surface area (Å²) in [7, 11) is 1.57. The number of hydrogen-bond donors (Lipinski definition) is 1. The number of ether oxygens (including phenoxy) is 1. The van der Waals surface area contributed by atoms with Gasteiger partial charge in [0, 0.05) is 30.1 Å². The van der Waals surface area contributed by atoms with Gasteiger partial charge in [-0.15, -0.1) is 0 Å². The fourth-order valence-corrected chi connectivity index (χ4v) is 3.38. The lowest BCUT2D eigenvalue weighted by molar-refractivity contribution is -0.131. The van der Waals surface area contributed by atoms with Crippen LogP contribution in [-0.4, -0.2) is 49.2 Å². The van der Waals surface area contributed by atoms with E-state index >= 15 is 0 Å². The first kappa shape index (κ1) is 20.5. The lowest BCUT2D eigenvalue weighted by Gasteiger charge is -2.31. The molecule has 0 atom stereocenters. The van der Waals surface area contributed by atoms with Crippen LogP contribution in [0, 0.1) is 11.7 Å². The standard InChI is InChI=1S/C22H23FN2O4/c1-29-19-7-5-15(6-8-19)21(27)16-9-11-25(12-10-16)20(26)14-24-22(28)17-3-2-4-18(23)13-17/h2-8,13,16H,9-12,14H2,1H3,(H,24,28). The molecule has 152 valence electrons. The maximum Gasteiger partial charge on any atom is 0.251 e. The van der Waals surface area contributed by atoms with Crippen molar-refractivity contribution in [3.63, 3.8) is 0 Å². The number of carbonyl (C=O) groups excluding carboxylic acids is 3. The molecule has 2 aromatic rings. The van der Waals surface area contributed by atoms with Crippen LogP contribution < -0.4 is 10.1 Å². The lowest BCUT2D eigenvalue weighted by atomic mass is 9.89. The number of piperidine rings is 1. The zero-order chi connectivity index (χ0) is 20.8.